The lowest BCUT2D eigenvalue weighted by atomic mass is 9.97. The zero-order valence-corrected chi connectivity index (χ0v) is 20.4. The summed E-state index contributed by atoms with van der Waals surface area (Å²) in [6, 6.07) is 4.79. The van der Waals surface area contributed by atoms with Gasteiger partial charge in [0.2, 0.25) is 15.9 Å². The Morgan fingerprint density at radius 2 is 1.73 bits per heavy atom. The van der Waals surface area contributed by atoms with Crippen LogP contribution in [0.4, 0.5) is 0 Å². The number of benzene rings is 1. The molecule has 8 nitrogen and oxygen atoms in total. The number of carbonyl (C=O) groups excluding carboxylic acids is 1. The summed E-state index contributed by atoms with van der Waals surface area (Å²) >= 11 is 0. The van der Waals surface area contributed by atoms with E-state index in [4.69, 9.17) is 9.47 Å². The Kier molecular flexibility index (Phi) is 8.14. The molecule has 0 aliphatic carbocycles. The number of sulfonamides is 1. The summed E-state index contributed by atoms with van der Waals surface area (Å²) in [6.45, 7) is 7.95. The second-order valence-corrected chi connectivity index (χ2v) is 11.5. The SMILES string of the molecule is CC(CNC(=O)C1CCN(S(=O)(=O)c2ccc3c(c2)OCCCO3)CC1)CN1CCCCC1. The van der Waals surface area contributed by atoms with E-state index < -0.39 is 10.0 Å². The maximum Gasteiger partial charge on any atom is 0.243 e. The maximum absolute atomic E-state index is 13.2. The quantitative estimate of drug-likeness (QED) is 0.647. The number of fused-ring (bicyclic) bond motifs is 1. The van der Waals surface area contributed by atoms with Crippen molar-refractivity contribution in [1.29, 1.82) is 0 Å². The lowest BCUT2D eigenvalue weighted by Crippen LogP contribution is -2.44. The van der Waals surface area contributed by atoms with Crippen molar-refractivity contribution < 1.29 is 22.7 Å². The van der Waals surface area contributed by atoms with Crippen LogP contribution in [0.2, 0.25) is 0 Å². The number of carbonyl (C=O) groups is 1. The van der Waals surface area contributed by atoms with Crippen LogP contribution in [0.3, 0.4) is 0 Å². The number of piperidine rings is 2. The molecule has 33 heavy (non-hydrogen) atoms. The van der Waals surface area contributed by atoms with E-state index in [0.29, 0.717) is 63.1 Å². The predicted molar refractivity (Wildman–Crippen MR) is 126 cm³/mol. The third-order valence-corrected chi connectivity index (χ3v) is 8.72. The van der Waals surface area contributed by atoms with Gasteiger partial charge >= 0.3 is 0 Å². The first-order chi connectivity index (χ1) is 15.9. The van der Waals surface area contributed by atoms with Crippen LogP contribution >= 0.6 is 0 Å². The molecule has 0 spiro atoms. The molecular formula is C24H37N3O5S. The Balaban J connectivity index is 1.26. The normalized spacial score (nSPS) is 21.8. The molecule has 1 atom stereocenters. The minimum atomic E-state index is -3.64. The Hall–Kier alpha value is -1.84. The van der Waals surface area contributed by atoms with E-state index >= 15 is 0 Å². The van der Waals surface area contributed by atoms with Crippen molar-refractivity contribution in [1.82, 2.24) is 14.5 Å². The van der Waals surface area contributed by atoms with Gasteiger partial charge in [0.1, 0.15) is 0 Å². The molecule has 4 rings (SSSR count). The van der Waals surface area contributed by atoms with Gasteiger partial charge in [-0.15, -0.1) is 0 Å². The molecule has 1 aromatic carbocycles. The molecule has 0 aromatic heterocycles. The second-order valence-electron chi connectivity index (χ2n) is 9.55. The van der Waals surface area contributed by atoms with Crippen molar-refractivity contribution >= 4 is 15.9 Å². The van der Waals surface area contributed by atoms with Crippen LogP contribution in [0.1, 0.15) is 45.4 Å². The van der Waals surface area contributed by atoms with E-state index in [9.17, 15) is 13.2 Å². The van der Waals surface area contributed by atoms with Crippen LogP contribution in [0.15, 0.2) is 23.1 Å². The van der Waals surface area contributed by atoms with Crippen molar-refractivity contribution in [2.75, 3.05) is 52.5 Å². The fourth-order valence-electron chi connectivity index (χ4n) is 4.88. The van der Waals surface area contributed by atoms with E-state index in [1.807, 2.05) is 0 Å². The standard InChI is InChI=1S/C24H37N3O5S/c1-19(18-26-10-3-2-4-11-26)17-25-24(28)20-8-12-27(13-9-20)33(29,30)21-6-7-22-23(16-21)32-15-5-14-31-22/h6-7,16,19-20H,2-5,8-15,17-18H2,1H3,(H,25,28). The largest absolute Gasteiger partial charge is 0.490 e. The third-order valence-electron chi connectivity index (χ3n) is 6.82. The topological polar surface area (TPSA) is 88.2 Å². The number of hydrogen-bond acceptors (Lipinski definition) is 6. The van der Waals surface area contributed by atoms with Gasteiger partial charge in [0, 0.05) is 44.6 Å². The van der Waals surface area contributed by atoms with E-state index in [2.05, 4.69) is 17.1 Å². The molecule has 1 aromatic rings. The first-order valence-corrected chi connectivity index (χ1v) is 13.8. The molecular weight excluding hydrogens is 442 g/mol. The number of nitrogens with one attached hydrogen (secondary N) is 1. The number of nitrogens with zero attached hydrogens (tertiary/aromatic N) is 2. The second kappa shape index (κ2) is 11.1. The fourth-order valence-corrected chi connectivity index (χ4v) is 6.36. The van der Waals surface area contributed by atoms with Crippen LogP contribution in [-0.4, -0.2) is 76.0 Å². The summed E-state index contributed by atoms with van der Waals surface area (Å²) in [5.41, 5.74) is 0. The summed E-state index contributed by atoms with van der Waals surface area (Å²) in [7, 11) is -3.64. The molecule has 9 heteroatoms. The molecule has 184 valence electrons. The highest BCUT2D eigenvalue weighted by molar-refractivity contribution is 7.89. The lowest BCUT2D eigenvalue weighted by Gasteiger charge is -2.31. The van der Waals surface area contributed by atoms with E-state index in [1.165, 1.54) is 23.6 Å². The monoisotopic (exact) mass is 479 g/mol. The molecule has 1 N–H and O–H groups in total. The molecule has 1 amide bonds. The highest BCUT2D eigenvalue weighted by Crippen LogP contribution is 2.33. The fraction of sp³-hybridized carbons (Fsp3) is 0.708. The number of rotatable bonds is 7. The highest BCUT2D eigenvalue weighted by atomic mass is 32.2. The van der Waals surface area contributed by atoms with Gasteiger partial charge in [0.05, 0.1) is 18.1 Å². The Labute approximate surface area is 197 Å². The molecule has 0 radical (unpaired) electrons. The third kappa shape index (κ3) is 6.19. The highest BCUT2D eigenvalue weighted by Gasteiger charge is 2.33. The van der Waals surface area contributed by atoms with E-state index in [-0.39, 0.29) is 16.7 Å². The van der Waals surface area contributed by atoms with Crippen molar-refractivity contribution in [2.24, 2.45) is 11.8 Å². The van der Waals surface area contributed by atoms with Crippen LogP contribution in [0, 0.1) is 11.8 Å². The lowest BCUT2D eigenvalue weighted by molar-refractivity contribution is -0.126. The predicted octanol–water partition coefficient (Wildman–Crippen LogP) is 2.49. The minimum absolute atomic E-state index is 0.0492. The average molecular weight is 480 g/mol. The van der Waals surface area contributed by atoms with Gasteiger partial charge in [-0.2, -0.15) is 4.31 Å². The van der Waals surface area contributed by atoms with Gasteiger partial charge < -0.3 is 19.7 Å². The van der Waals surface area contributed by atoms with Crippen molar-refractivity contribution in [3.63, 3.8) is 0 Å². The Morgan fingerprint density at radius 3 is 2.45 bits per heavy atom. The molecule has 3 heterocycles. The zero-order valence-electron chi connectivity index (χ0n) is 19.6. The van der Waals surface area contributed by atoms with Crippen molar-refractivity contribution in [2.45, 2.75) is 50.3 Å². The number of likely N-dealkylation sites (tertiary alicyclic amines) is 1. The van der Waals surface area contributed by atoms with Crippen molar-refractivity contribution in [3.8, 4) is 11.5 Å². The zero-order chi connectivity index (χ0) is 23.3. The van der Waals surface area contributed by atoms with Gasteiger partial charge in [0.25, 0.3) is 0 Å². The van der Waals surface area contributed by atoms with Crippen LogP contribution in [-0.2, 0) is 14.8 Å². The summed E-state index contributed by atoms with van der Waals surface area (Å²) in [5.74, 6) is 1.38. The number of hydrogen-bond donors (Lipinski definition) is 1. The molecule has 3 aliphatic rings. The summed E-state index contributed by atoms with van der Waals surface area (Å²) < 4.78 is 39.1. The van der Waals surface area contributed by atoms with Gasteiger partial charge in [-0.05, 0) is 56.8 Å². The van der Waals surface area contributed by atoms with Gasteiger partial charge in [-0.3, -0.25) is 4.79 Å². The van der Waals surface area contributed by atoms with Crippen LogP contribution < -0.4 is 14.8 Å². The molecule has 2 fully saturated rings. The molecule has 1 unspecified atom stereocenters. The first-order valence-electron chi connectivity index (χ1n) is 12.3. The van der Waals surface area contributed by atoms with Gasteiger partial charge in [0.15, 0.2) is 11.5 Å². The minimum Gasteiger partial charge on any atom is -0.490 e. The molecule has 2 saturated heterocycles. The smallest absolute Gasteiger partial charge is 0.243 e. The first kappa shape index (κ1) is 24.3. The molecule has 3 aliphatic heterocycles. The number of ether oxygens (including phenoxy) is 2. The van der Waals surface area contributed by atoms with Crippen LogP contribution in [0.25, 0.3) is 0 Å². The van der Waals surface area contributed by atoms with Gasteiger partial charge in [-0.1, -0.05) is 13.3 Å². The van der Waals surface area contributed by atoms with Crippen LogP contribution in [0.5, 0.6) is 11.5 Å². The van der Waals surface area contributed by atoms with E-state index in [0.717, 1.165) is 26.1 Å². The van der Waals surface area contributed by atoms with Crippen molar-refractivity contribution in [3.05, 3.63) is 18.2 Å². The Bertz CT molecular complexity index is 909. The summed E-state index contributed by atoms with van der Waals surface area (Å²) in [4.78, 5) is 15.4. The summed E-state index contributed by atoms with van der Waals surface area (Å²) in [6.07, 6.45) is 5.71. The molecule has 0 bridgehead atoms. The average Bonchev–Trinajstić information content (AvgIpc) is 3.08. The summed E-state index contributed by atoms with van der Waals surface area (Å²) in [5, 5.41) is 3.10. The van der Waals surface area contributed by atoms with Gasteiger partial charge in [-0.25, -0.2) is 8.42 Å². The van der Waals surface area contributed by atoms with E-state index in [1.54, 1.807) is 18.2 Å². The maximum atomic E-state index is 13.2. The Morgan fingerprint density at radius 1 is 1.03 bits per heavy atom. The number of amides is 1. The molecule has 0 saturated carbocycles.